The van der Waals surface area contributed by atoms with Crippen molar-refractivity contribution in [1.29, 1.82) is 0 Å². The molecule has 2 amide bonds. The van der Waals surface area contributed by atoms with Gasteiger partial charge < -0.3 is 26.0 Å². The van der Waals surface area contributed by atoms with Crippen LogP contribution in [0.2, 0.25) is 0 Å². The van der Waals surface area contributed by atoms with Gasteiger partial charge in [0.15, 0.2) is 5.13 Å². The van der Waals surface area contributed by atoms with Crippen molar-refractivity contribution in [3.05, 3.63) is 10.6 Å². The molecule has 8 nitrogen and oxygen atoms in total. The van der Waals surface area contributed by atoms with E-state index < -0.39 is 16.9 Å². The lowest BCUT2D eigenvalue weighted by molar-refractivity contribution is -0.144. The van der Waals surface area contributed by atoms with Crippen molar-refractivity contribution in [2.45, 2.75) is 98.6 Å². The highest BCUT2D eigenvalue weighted by Crippen LogP contribution is 2.62. The second-order valence-electron chi connectivity index (χ2n) is 12.8. The number of rotatable bonds is 8. The Kier molecular flexibility index (Phi) is 8.60. The molecule has 1 aromatic heterocycles. The Bertz CT molecular complexity index is 958. The molecule has 6 atom stereocenters. The number of aliphatic hydroxyl groups is 3. The molecule has 204 valence electrons. The highest BCUT2D eigenvalue weighted by Gasteiger charge is 2.59. The van der Waals surface area contributed by atoms with Gasteiger partial charge in [-0.1, -0.05) is 48.5 Å². The zero-order chi connectivity index (χ0) is 27.1. The molecule has 0 radical (unpaired) electrons. The Hall–Kier alpha value is -1.55. The summed E-state index contributed by atoms with van der Waals surface area (Å²) in [7, 11) is 0. The van der Waals surface area contributed by atoms with Crippen LogP contribution in [0.15, 0.2) is 0 Å². The predicted molar refractivity (Wildman–Crippen MR) is 142 cm³/mol. The molecule has 2 aliphatic rings. The average molecular weight is 524 g/mol. The Labute approximate surface area is 219 Å². The van der Waals surface area contributed by atoms with Gasteiger partial charge in [0, 0.05) is 28.0 Å². The summed E-state index contributed by atoms with van der Waals surface area (Å²) in [6, 6.07) is -0.308. The Morgan fingerprint density at radius 2 is 1.89 bits per heavy atom. The molecule has 0 unspecified atom stereocenters. The second-order valence-corrected chi connectivity index (χ2v) is 13.9. The lowest BCUT2D eigenvalue weighted by Crippen LogP contribution is -2.58. The fraction of sp³-hybridized carbons (Fsp3) is 0.815. The van der Waals surface area contributed by atoms with Crippen LogP contribution in [0.1, 0.15) is 90.6 Å². The van der Waals surface area contributed by atoms with Crippen LogP contribution in [-0.2, 0) is 16.0 Å². The van der Waals surface area contributed by atoms with Crippen molar-refractivity contribution in [2.75, 3.05) is 18.5 Å². The molecule has 5 N–H and O–H groups in total. The molecule has 0 saturated heterocycles. The molecule has 0 bridgehead atoms. The monoisotopic (exact) mass is 523 g/mol. The van der Waals surface area contributed by atoms with E-state index in [0.717, 1.165) is 10.6 Å². The van der Waals surface area contributed by atoms with E-state index in [1.165, 1.54) is 11.3 Å². The third-order valence-electron chi connectivity index (χ3n) is 8.53. The van der Waals surface area contributed by atoms with Crippen molar-refractivity contribution in [3.63, 3.8) is 0 Å². The fourth-order valence-electron chi connectivity index (χ4n) is 6.20. The maximum Gasteiger partial charge on any atom is 0.231 e. The fourth-order valence-corrected chi connectivity index (χ4v) is 7.27. The van der Waals surface area contributed by atoms with Gasteiger partial charge in [0.25, 0.3) is 0 Å². The third-order valence-corrected chi connectivity index (χ3v) is 9.54. The van der Waals surface area contributed by atoms with E-state index in [1.807, 2.05) is 27.7 Å². The van der Waals surface area contributed by atoms with E-state index in [0.29, 0.717) is 36.7 Å². The molecule has 36 heavy (non-hydrogen) atoms. The first kappa shape index (κ1) is 29.0. The van der Waals surface area contributed by atoms with Crippen LogP contribution in [-0.4, -0.2) is 57.5 Å². The molecule has 0 aromatic carbocycles. The predicted octanol–water partition coefficient (Wildman–Crippen LogP) is 3.46. The van der Waals surface area contributed by atoms with Gasteiger partial charge in [-0.15, -0.1) is 11.3 Å². The van der Waals surface area contributed by atoms with E-state index in [9.17, 15) is 24.9 Å². The topological polar surface area (TPSA) is 132 Å². The minimum absolute atomic E-state index is 0.0556. The number of amides is 2. The molecule has 1 heterocycles. The number of hydrogen-bond acceptors (Lipinski definition) is 7. The van der Waals surface area contributed by atoms with E-state index >= 15 is 0 Å². The first-order valence-electron chi connectivity index (χ1n) is 13.2. The zero-order valence-electron chi connectivity index (χ0n) is 22.9. The van der Waals surface area contributed by atoms with Crippen molar-refractivity contribution in [2.24, 2.45) is 28.1 Å². The average Bonchev–Trinajstić information content (AvgIpc) is 3.18. The summed E-state index contributed by atoms with van der Waals surface area (Å²) >= 11 is 1.43. The Morgan fingerprint density at radius 3 is 2.44 bits per heavy atom. The lowest BCUT2D eigenvalue weighted by Gasteiger charge is -2.58. The van der Waals surface area contributed by atoms with Crippen molar-refractivity contribution in [1.82, 2.24) is 10.3 Å². The number of carbonyl (C=O) groups is 2. The van der Waals surface area contributed by atoms with Crippen LogP contribution < -0.4 is 10.6 Å². The molecule has 1 saturated carbocycles. The first-order chi connectivity index (χ1) is 16.7. The molecule has 9 heteroatoms. The first-order valence-corrected chi connectivity index (χ1v) is 14.0. The quantitative estimate of drug-likeness (QED) is 0.355. The summed E-state index contributed by atoms with van der Waals surface area (Å²) in [6.45, 7) is 13.5. The number of nitrogens with one attached hydrogen (secondary N) is 2. The molecule has 2 aliphatic carbocycles. The number of anilines is 1. The standard InChI is InChI=1S/C27H45N3O5S/c1-15(2)10-16(13-31)28-21(34)11-17-22-18(36-24(29-22)30-23(35)25(3,4)5)12-19-26(17,6)9-8-20(33)27(19,7)14-32/h15-17,19-20,31-33H,8-14H2,1-7H3,(H,28,34)(H,29,30,35)/t16-,17+,19-,20-,26+,27+/m1/s1. The minimum atomic E-state index is -0.705. The molecule has 3 rings (SSSR count). The molecule has 1 fully saturated rings. The molecular formula is C27H45N3O5S. The van der Waals surface area contributed by atoms with E-state index in [2.05, 4.69) is 31.4 Å². The number of hydrogen-bond donors (Lipinski definition) is 5. The highest BCUT2D eigenvalue weighted by molar-refractivity contribution is 7.15. The summed E-state index contributed by atoms with van der Waals surface area (Å²) in [4.78, 5) is 31.8. The molecule has 0 aliphatic heterocycles. The van der Waals surface area contributed by atoms with Crippen LogP contribution in [0.25, 0.3) is 0 Å². The largest absolute Gasteiger partial charge is 0.396 e. The number of aliphatic hydroxyl groups excluding tert-OH is 3. The van der Waals surface area contributed by atoms with Crippen LogP contribution in [0.4, 0.5) is 5.13 Å². The van der Waals surface area contributed by atoms with E-state index in [4.69, 9.17) is 4.98 Å². The smallest absolute Gasteiger partial charge is 0.231 e. The van der Waals surface area contributed by atoms with Crippen molar-refractivity contribution >= 4 is 28.3 Å². The lowest BCUT2D eigenvalue weighted by atomic mass is 9.47. The molecule has 0 spiro atoms. The van der Waals surface area contributed by atoms with Crippen molar-refractivity contribution < 1.29 is 24.9 Å². The minimum Gasteiger partial charge on any atom is -0.396 e. The summed E-state index contributed by atoms with van der Waals surface area (Å²) in [5.41, 5.74) is -0.809. The zero-order valence-corrected chi connectivity index (χ0v) is 23.7. The molecular weight excluding hydrogens is 478 g/mol. The van der Waals surface area contributed by atoms with E-state index in [1.54, 1.807) is 0 Å². The second kappa shape index (κ2) is 10.7. The van der Waals surface area contributed by atoms with Gasteiger partial charge in [0.2, 0.25) is 11.8 Å². The van der Waals surface area contributed by atoms with Gasteiger partial charge in [-0.2, -0.15) is 0 Å². The Balaban J connectivity index is 1.99. The Morgan fingerprint density at radius 1 is 1.22 bits per heavy atom. The molecule has 1 aromatic rings. The summed E-state index contributed by atoms with van der Waals surface area (Å²) in [5.74, 6) is -0.220. The summed E-state index contributed by atoms with van der Waals surface area (Å²) in [6.07, 6.45) is 2.14. The maximum absolute atomic E-state index is 13.3. The van der Waals surface area contributed by atoms with Gasteiger partial charge >= 0.3 is 0 Å². The SMILES string of the molecule is CC(C)C[C@H](CO)NC(=O)C[C@H]1c2nc(NC(=O)C(C)(C)C)sc2C[C@H]2[C@](C)(CO)[C@H](O)CC[C@]21C. The van der Waals surface area contributed by atoms with Crippen LogP contribution in [0.3, 0.4) is 0 Å². The number of nitrogens with zero attached hydrogens (tertiary/aromatic N) is 1. The van der Waals surface area contributed by atoms with Crippen LogP contribution in [0, 0.1) is 28.1 Å². The summed E-state index contributed by atoms with van der Waals surface area (Å²) in [5, 5.41) is 37.6. The number of thiazole rings is 1. The highest BCUT2D eigenvalue weighted by atomic mass is 32.1. The number of carbonyl (C=O) groups excluding carboxylic acids is 2. The third kappa shape index (κ3) is 5.64. The normalized spacial score (nSPS) is 30.9. The van der Waals surface area contributed by atoms with Crippen LogP contribution in [0.5, 0.6) is 0 Å². The van der Waals surface area contributed by atoms with Gasteiger partial charge in [0.05, 0.1) is 31.1 Å². The van der Waals surface area contributed by atoms with Crippen molar-refractivity contribution in [3.8, 4) is 0 Å². The summed E-state index contributed by atoms with van der Waals surface area (Å²) < 4.78 is 0. The van der Waals surface area contributed by atoms with Gasteiger partial charge in [0.1, 0.15) is 0 Å². The van der Waals surface area contributed by atoms with E-state index in [-0.39, 0.29) is 54.7 Å². The van der Waals surface area contributed by atoms with Gasteiger partial charge in [-0.05, 0) is 42.9 Å². The number of aromatic nitrogens is 1. The van der Waals surface area contributed by atoms with Gasteiger partial charge in [-0.25, -0.2) is 4.98 Å². The van der Waals surface area contributed by atoms with Gasteiger partial charge in [-0.3, -0.25) is 9.59 Å². The van der Waals surface area contributed by atoms with Crippen LogP contribution >= 0.6 is 11.3 Å². The maximum atomic E-state index is 13.3. The number of fused-ring (bicyclic) bond motifs is 2.